The van der Waals surface area contributed by atoms with Crippen LogP contribution in [0.25, 0.3) is 21.6 Å². The van der Waals surface area contributed by atoms with Crippen LogP contribution in [-0.4, -0.2) is 46.1 Å². The van der Waals surface area contributed by atoms with E-state index in [9.17, 15) is 4.79 Å². The summed E-state index contributed by atoms with van der Waals surface area (Å²) in [5.41, 5.74) is 7.38. The lowest BCUT2D eigenvalue weighted by molar-refractivity contribution is -0.0585. The Labute approximate surface area is 166 Å². The molecular weight excluding hydrogens is 374 g/mol. The Hall–Kier alpha value is -3.02. The molecule has 1 aliphatic rings. The lowest BCUT2D eigenvalue weighted by Gasteiger charge is -2.35. The Morgan fingerprint density at radius 3 is 2.75 bits per heavy atom. The zero-order chi connectivity index (χ0) is 19.8. The molecule has 4 rings (SSSR count). The van der Waals surface area contributed by atoms with Gasteiger partial charge in [-0.2, -0.15) is 5.26 Å². The number of carbonyl (C=O) groups is 1. The zero-order valence-electron chi connectivity index (χ0n) is 15.5. The smallest absolute Gasteiger partial charge is 0.264 e. The number of nitrogen functional groups attached to an aromatic ring is 1. The summed E-state index contributed by atoms with van der Waals surface area (Å²) in [5, 5.41) is 9.77. The van der Waals surface area contributed by atoms with Crippen molar-refractivity contribution in [3.05, 3.63) is 40.8 Å². The predicted molar refractivity (Wildman–Crippen MR) is 108 cm³/mol. The number of carbonyl (C=O) groups excluding carboxylic acids is 1. The van der Waals surface area contributed by atoms with Crippen molar-refractivity contribution in [3.63, 3.8) is 0 Å². The molecule has 1 amide bonds. The molecule has 1 aromatic carbocycles. The van der Waals surface area contributed by atoms with Crippen LogP contribution in [0.5, 0.6) is 0 Å². The van der Waals surface area contributed by atoms with Crippen molar-refractivity contribution in [1.82, 2.24) is 14.9 Å². The van der Waals surface area contributed by atoms with Gasteiger partial charge in [0.1, 0.15) is 10.6 Å². The second-order valence-corrected chi connectivity index (χ2v) is 7.95. The maximum Gasteiger partial charge on any atom is 0.264 e. The van der Waals surface area contributed by atoms with E-state index in [1.54, 1.807) is 24.3 Å². The highest BCUT2D eigenvalue weighted by Crippen LogP contribution is 2.31. The standard InChI is InChI=1S/C20H19N5O2S/c1-11-9-25(10-12(2)27-11)20(26)16-7-15-17(22)23-18(24-19(15)28-16)14-5-3-4-13(6-14)8-21/h3-7,11-12H,9-10H2,1-2H3,(H2,22,23,24)/t11-,12+. The third-order valence-electron chi connectivity index (χ3n) is 4.59. The fraction of sp³-hybridized carbons (Fsp3) is 0.300. The quantitative estimate of drug-likeness (QED) is 0.717. The number of nitriles is 1. The van der Waals surface area contributed by atoms with Crippen molar-refractivity contribution in [3.8, 4) is 17.5 Å². The number of hydrogen-bond acceptors (Lipinski definition) is 7. The molecule has 1 aliphatic heterocycles. The van der Waals surface area contributed by atoms with Crippen LogP contribution in [0.3, 0.4) is 0 Å². The number of hydrogen-bond donors (Lipinski definition) is 1. The topological polar surface area (TPSA) is 105 Å². The molecule has 8 heteroatoms. The number of amides is 1. The van der Waals surface area contributed by atoms with Gasteiger partial charge >= 0.3 is 0 Å². The molecule has 1 saturated heterocycles. The molecular formula is C20H19N5O2S. The number of rotatable bonds is 2. The summed E-state index contributed by atoms with van der Waals surface area (Å²) in [5.74, 6) is 0.718. The summed E-state index contributed by atoms with van der Waals surface area (Å²) in [6.45, 7) is 5.05. The molecule has 2 aromatic heterocycles. The monoisotopic (exact) mass is 393 g/mol. The first-order chi connectivity index (χ1) is 13.4. The lowest BCUT2D eigenvalue weighted by Crippen LogP contribution is -2.48. The molecule has 28 heavy (non-hydrogen) atoms. The van der Waals surface area contributed by atoms with Gasteiger partial charge in [0, 0.05) is 18.7 Å². The molecule has 142 valence electrons. The van der Waals surface area contributed by atoms with Gasteiger partial charge < -0.3 is 15.4 Å². The number of nitrogens with zero attached hydrogens (tertiary/aromatic N) is 4. The van der Waals surface area contributed by atoms with E-state index in [-0.39, 0.29) is 18.1 Å². The third-order valence-corrected chi connectivity index (χ3v) is 5.61. The molecule has 0 aliphatic carbocycles. The van der Waals surface area contributed by atoms with Crippen molar-refractivity contribution in [2.24, 2.45) is 0 Å². The maximum absolute atomic E-state index is 13.0. The van der Waals surface area contributed by atoms with Crippen molar-refractivity contribution >= 4 is 33.3 Å². The van der Waals surface area contributed by atoms with E-state index in [2.05, 4.69) is 16.0 Å². The molecule has 0 bridgehead atoms. The van der Waals surface area contributed by atoms with Crippen LogP contribution in [0.15, 0.2) is 30.3 Å². The normalized spacial score (nSPS) is 19.5. The lowest BCUT2D eigenvalue weighted by atomic mass is 10.1. The number of thiophene rings is 1. The number of ether oxygens (including phenoxy) is 1. The van der Waals surface area contributed by atoms with Crippen molar-refractivity contribution in [2.45, 2.75) is 26.1 Å². The predicted octanol–water partition coefficient (Wildman–Crippen LogP) is 3.06. The van der Waals surface area contributed by atoms with Crippen molar-refractivity contribution in [2.75, 3.05) is 18.8 Å². The second-order valence-electron chi connectivity index (χ2n) is 6.92. The van der Waals surface area contributed by atoms with E-state index in [1.165, 1.54) is 11.3 Å². The Morgan fingerprint density at radius 1 is 1.29 bits per heavy atom. The van der Waals surface area contributed by atoms with Gasteiger partial charge in [0.2, 0.25) is 0 Å². The highest BCUT2D eigenvalue weighted by atomic mass is 32.1. The summed E-state index contributed by atoms with van der Waals surface area (Å²) in [6.07, 6.45) is 0.0110. The first-order valence-electron chi connectivity index (χ1n) is 8.97. The molecule has 0 radical (unpaired) electrons. The number of fused-ring (bicyclic) bond motifs is 1. The zero-order valence-corrected chi connectivity index (χ0v) is 16.4. The largest absolute Gasteiger partial charge is 0.383 e. The van der Waals surface area contributed by atoms with Crippen LogP contribution >= 0.6 is 11.3 Å². The summed E-state index contributed by atoms with van der Waals surface area (Å²) in [7, 11) is 0. The van der Waals surface area contributed by atoms with Gasteiger partial charge in [-0.05, 0) is 32.0 Å². The summed E-state index contributed by atoms with van der Waals surface area (Å²) >= 11 is 1.31. The minimum Gasteiger partial charge on any atom is -0.383 e. The van der Waals surface area contributed by atoms with Gasteiger partial charge in [-0.3, -0.25) is 4.79 Å². The van der Waals surface area contributed by atoms with Crippen LogP contribution < -0.4 is 5.73 Å². The molecule has 0 spiro atoms. The van der Waals surface area contributed by atoms with Gasteiger partial charge in [-0.25, -0.2) is 9.97 Å². The third kappa shape index (κ3) is 3.42. The fourth-order valence-corrected chi connectivity index (χ4v) is 4.41. The number of nitrogens with two attached hydrogens (primary N) is 1. The number of morpholine rings is 1. The highest BCUT2D eigenvalue weighted by Gasteiger charge is 2.28. The van der Waals surface area contributed by atoms with E-state index in [0.29, 0.717) is 51.0 Å². The van der Waals surface area contributed by atoms with Crippen LogP contribution in [0, 0.1) is 11.3 Å². The minimum atomic E-state index is -0.0440. The molecule has 2 N–H and O–H groups in total. The first-order valence-corrected chi connectivity index (χ1v) is 9.78. The minimum absolute atomic E-state index is 0.00551. The molecule has 2 atom stereocenters. The van der Waals surface area contributed by atoms with Crippen LogP contribution in [0.2, 0.25) is 0 Å². The fourth-order valence-electron chi connectivity index (χ4n) is 3.41. The summed E-state index contributed by atoms with van der Waals surface area (Å²) in [6, 6.07) is 10.9. The van der Waals surface area contributed by atoms with E-state index < -0.39 is 0 Å². The van der Waals surface area contributed by atoms with Gasteiger partial charge in [0.05, 0.1) is 34.1 Å². The van der Waals surface area contributed by atoms with Gasteiger partial charge in [0.25, 0.3) is 5.91 Å². The number of benzene rings is 1. The maximum atomic E-state index is 13.0. The summed E-state index contributed by atoms with van der Waals surface area (Å²) < 4.78 is 5.71. The van der Waals surface area contributed by atoms with Crippen molar-refractivity contribution < 1.29 is 9.53 Å². The van der Waals surface area contributed by atoms with E-state index in [0.717, 1.165) is 0 Å². The molecule has 0 unspecified atom stereocenters. The Bertz CT molecular complexity index is 1090. The molecule has 7 nitrogen and oxygen atoms in total. The average molecular weight is 393 g/mol. The van der Waals surface area contributed by atoms with Gasteiger partial charge in [-0.1, -0.05) is 12.1 Å². The molecule has 0 saturated carbocycles. The molecule has 3 aromatic rings. The Balaban J connectivity index is 1.70. The average Bonchev–Trinajstić information content (AvgIpc) is 3.11. The van der Waals surface area contributed by atoms with E-state index in [4.69, 9.17) is 15.7 Å². The van der Waals surface area contributed by atoms with E-state index in [1.807, 2.05) is 24.8 Å². The summed E-state index contributed by atoms with van der Waals surface area (Å²) in [4.78, 5) is 25.0. The number of aromatic nitrogens is 2. The Kier molecular flexibility index (Phi) is 4.71. The van der Waals surface area contributed by atoms with Crippen LogP contribution in [0.1, 0.15) is 29.1 Å². The second kappa shape index (κ2) is 7.19. The van der Waals surface area contributed by atoms with Crippen molar-refractivity contribution in [1.29, 1.82) is 5.26 Å². The van der Waals surface area contributed by atoms with Gasteiger partial charge in [0.15, 0.2) is 5.82 Å². The number of anilines is 1. The van der Waals surface area contributed by atoms with Crippen LogP contribution in [0.4, 0.5) is 5.82 Å². The molecule has 1 fully saturated rings. The first kappa shape index (κ1) is 18.3. The van der Waals surface area contributed by atoms with Gasteiger partial charge in [-0.15, -0.1) is 11.3 Å². The Morgan fingerprint density at radius 2 is 2.04 bits per heavy atom. The molecule has 3 heterocycles. The SMILES string of the molecule is C[C@@H]1CN(C(=O)c2cc3c(N)nc(-c4cccc(C#N)c4)nc3s2)C[C@H](C)O1. The highest BCUT2D eigenvalue weighted by molar-refractivity contribution is 7.20. The van der Waals surface area contributed by atoms with Crippen LogP contribution in [-0.2, 0) is 4.74 Å². The van der Waals surface area contributed by atoms with E-state index >= 15 is 0 Å².